The van der Waals surface area contributed by atoms with Crippen LogP contribution in [0.2, 0.25) is 0 Å². The summed E-state index contributed by atoms with van der Waals surface area (Å²) in [6, 6.07) is 16.7. The van der Waals surface area contributed by atoms with E-state index in [2.05, 4.69) is 5.32 Å². The molecular formula is C17H20NO4P. The summed E-state index contributed by atoms with van der Waals surface area (Å²) >= 11 is 0. The Morgan fingerprint density at radius 1 is 0.957 bits per heavy atom. The third-order valence-corrected chi connectivity index (χ3v) is 4.98. The fourth-order valence-electron chi connectivity index (χ4n) is 2.30. The average molecular weight is 333 g/mol. The molecule has 0 unspecified atom stereocenters. The third-order valence-electron chi connectivity index (χ3n) is 3.53. The Hall–Kier alpha value is -1.94. The van der Waals surface area contributed by atoms with Gasteiger partial charge in [0.2, 0.25) is 0 Å². The molecule has 23 heavy (non-hydrogen) atoms. The van der Waals surface area contributed by atoms with E-state index in [1.165, 1.54) is 0 Å². The second-order valence-electron chi connectivity index (χ2n) is 5.69. The van der Waals surface area contributed by atoms with Crippen molar-refractivity contribution in [2.45, 2.75) is 19.6 Å². The zero-order valence-electron chi connectivity index (χ0n) is 13.0. The summed E-state index contributed by atoms with van der Waals surface area (Å²) < 4.78 is 11.5. The van der Waals surface area contributed by atoms with Gasteiger partial charge in [-0.05, 0) is 29.2 Å². The summed E-state index contributed by atoms with van der Waals surface area (Å²) in [5, 5.41) is 2.43. The minimum Gasteiger partial charge on any atom is -0.338 e. The van der Waals surface area contributed by atoms with Crippen LogP contribution in [0.25, 0.3) is 11.1 Å². The Bertz CT molecular complexity index is 707. The fourth-order valence-corrected chi connectivity index (χ4v) is 3.36. The van der Waals surface area contributed by atoms with E-state index in [9.17, 15) is 19.1 Å². The smallest absolute Gasteiger partial charge is 0.338 e. The van der Waals surface area contributed by atoms with Gasteiger partial charge in [0, 0.05) is 5.56 Å². The molecule has 122 valence electrons. The predicted octanol–water partition coefficient (Wildman–Crippen LogP) is 3.24. The van der Waals surface area contributed by atoms with E-state index in [1.807, 2.05) is 42.5 Å². The molecule has 0 saturated carbocycles. The molecule has 2 aromatic carbocycles. The quantitative estimate of drug-likeness (QED) is 0.733. The molecule has 2 rings (SSSR count). The minimum atomic E-state index is -4.40. The van der Waals surface area contributed by atoms with Crippen LogP contribution < -0.4 is 5.32 Å². The Kier molecular flexibility index (Phi) is 5.37. The van der Waals surface area contributed by atoms with Gasteiger partial charge in [-0.25, -0.2) is 0 Å². The van der Waals surface area contributed by atoms with Gasteiger partial charge < -0.3 is 15.1 Å². The molecule has 0 aliphatic heterocycles. The number of benzene rings is 2. The van der Waals surface area contributed by atoms with Gasteiger partial charge in [-0.2, -0.15) is 0 Å². The zero-order chi connectivity index (χ0) is 17.0. The molecule has 0 aliphatic carbocycles. The molecule has 0 aliphatic rings. The van der Waals surface area contributed by atoms with E-state index >= 15 is 0 Å². The lowest BCUT2D eigenvalue weighted by Crippen LogP contribution is -2.38. The summed E-state index contributed by atoms with van der Waals surface area (Å²) in [4.78, 5) is 30.9. The van der Waals surface area contributed by atoms with Gasteiger partial charge in [-0.3, -0.25) is 9.36 Å². The molecule has 0 bridgehead atoms. The van der Waals surface area contributed by atoms with Crippen molar-refractivity contribution in [3.05, 3.63) is 60.2 Å². The van der Waals surface area contributed by atoms with Crippen LogP contribution in [0, 0.1) is 5.92 Å². The zero-order valence-corrected chi connectivity index (χ0v) is 13.9. The fraction of sp³-hybridized carbons (Fsp3) is 0.235. The topological polar surface area (TPSA) is 86.6 Å². The molecule has 6 heteroatoms. The van der Waals surface area contributed by atoms with Crippen LogP contribution in [0.15, 0.2) is 54.6 Å². The van der Waals surface area contributed by atoms with Crippen molar-refractivity contribution in [2.75, 3.05) is 0 Å². The molecule has 0 saturated heterocycles. The first-order valence-electron chi connectivity index (χ1n) is 7.30. The summed E-state index contributed by atoms with van der Waals surface area (Å²) in [6.07, 6.45) is 0. The van der Waals surface area contributed by atoms with Crippen molar-refractivity contribution in [3.63, 3.8) is 0 Å². The normalized spacial score (nSPS) is 12.9. The summed E-state index contributed by atoms with van der Waals surface area (Å²) in [5.74, 6) is -2.06. The Morgan fingerprint density at radius 3 is 1.96 bits per heavy atom. The van der Waals surface area contributed by atoms with E-state index in [0.29, 0.717) is 5.56 Å². The number of hydrogen-bond donors (Lipinski definition) is 3. The Labute approximate surface area is 135 Å². The van der Waals surface area contributed by atoms with Crippen LogP contribution in [-0.4, -0.2) is 21.5 Å². The van der Waals surface area contributed by atoms with Gasteiger partial charge in [0.25, 0.3) is 5.91 Å². The van der Waals surface area contributed by atoms with Gasteiger partial charge >= 0.3 is 7.60 Å². The van der Waals surface area contributed by atoms with Gasteiger partial charge in [0.05, 0.1) is 0 Å². The second kappa shape index (κ2) is 7.09. The predicted molar refractivity (Wildman–Crippen MR) is 90.0 cm³/mol. The number of amides is 1. The number of rotatable bonds is 5. The summed E-state index contributed by atoms with van der Waals surface area (Å²) in [6.45, 7) is 3.31. The number of nitrogens with one attached hydrogen (secondary N) is 1. The van der Waals surface area contributed by atoms with E-state index in [0.717, 1.165) is 11.1 Å². The monoisotopic (exact) mass is 333 g/mol. The maximum absolute atomic E-state index is 12.2. The van der Waals surface area contributed by atoms with Gasteiger partial charge in [0.1, 0.15) is 5.78 Å². The van der Waals surface area contributed by atoms with E-state index in [-0.39, 0.29) is 5.92 Å². The molecule has 0 radical (unpaired) electrons. The van der Waals surface area contributed by atoms with Crippen LogP contribution >= 0.6 is 7.60 Å². The molecule has 2 aromatic rings. The van der Waals surface area contributed by atoms with Crippen LogP contribution in [-0.2, 0) is 4.57 Å². The highest BCUT2D eigenvalue weighted by Crippen LogP contribution is 2.43. The highest BCUT2D eigenvalue weighted by molar-refractivity contribution is 7.52. The molecule has 3 N–H and O–H groups in total. The van der Waals surface area contributed by atoms with Crippen molar-refractivity contribution >= 4 is 13.5 Å². The molecule has 1 amide bonds. The van der Waals surface area contributed by atoms with Crippen molar-refractivity contribution < 1.29 is 19.1 Å². The van der Waals surface area contributed by atoms with Crippen molar-refractivity contribution in [3.8, 4) is 11.1 Å². The highest BCUT2D eigenvalue weighted by Gasteiger charge is 2.33. The van der Waals surface area contributed by atoms with Crippen molar-refractivity contribution in [1.29, 1.82) is 0 Å². The van der Waals surface area contributed by atoms with Gasteiger partial charge in [-0.15, -0.1) is 0 Å². The summed E-state index contributed by atoms with van der Waals surface area (Å²) in [5.41, 5.74) is 2.37. The first-order valence-corrected chi connectivity index (χ1v) is 8.99. The van der Waals surface area contributed by atoms with Crippen LogP contribution in [0.3, 0.4) is 0 Å². The van der Waals surface area contributed by atoms with Crippen molar-refractivity contribution in [1.82, 2.24) is 5.32 Å². The van der Waals surface area contributed by atoms with Crippen LogP contribution in [0.5, 0.6) is 0 Å². The average Bonchev–Trinajstić information content (AvgIpc) is 2.52. The molecule has 1 atom stereocenters. The number of hydrogen-bond acceptors (Lipinski definition) is 2. The second-order valence-corrected chi connectivity index (χ2v) is 7.43. The molecule has 0 fully saturated rings. The van der Waals surface area contributed by atoms with E-state index < -0.39 is 19.3 Å². The van der Waals surface area contributed by atoms with Gasteiger partial charge in [0.15, 0.2) is 0 Å². The SMILES string of the molecule is CC(C)[C@H](NC(=O)c1ccc(-c2ccccc2)cc1)P(=O)(O)O. The van der Waals surface area contributed by atoms with E-state index in [4.69, 9.17) is 0 Å². The van der Waals surface area contributed by atoms with Crippen LogP contribution in [0.4, 0.5) is 0 Å². The highest BCUT2D eigenvalue weighted by atomic mass is 31.2. The maximum Gasteiger partial charge on any atom is 0.347 e. The third kappa shape index (κ3) is 4.52. The molecule has 0 heterocycles. The minimum absolute atomic E-state index is 0.365. The molecule has 5 nitrogen and oxygen atoms in total. The largest absolute Gasteiger partial charge is 0.347 e. The number of carbonyl (C=O) groups excluding carboxylic acids is 1. The standard InChI is InChI=1S/C17H20NO4P/c1-12(2)17(23(20,21)22)18-16(19)15-10-8-14(9-11-15)13-6-4-3-5-7-13/h3-12,17H,1-2H3,(H,18,19)(H2,20,21,22)/t17-/m1/s1. The first-order chi connectivity index (χ1) is 10.8. The van der Waals surface area contributed by atoms with Crippen molar-refractivity contribution in [2.24, 2.45) is 5.92 Å². The lowest BCUT2D eigenvalue weighted by atomic mass is 10.0. The Morgan fingerprint density at radius 2 is 1.48 bits per heavy atom. The number of carbonyl (C=O) groups is 1. The molecule has 0 spiro atoms. The lowest BCUT2D eigenvalue weighted by Gasteiger charge is -2.23. The lowest BCUT2D eigenvalue weighted by molar-refractivity contribution is 0.0935. The maximum atomic E-state index is 12.2. The van der Waals surface area contributed by atoms with Crippen LogP contribution in [0.1, 0.15) is 24.2 Å². The van der Waals surface area contributed by atoms with Gasteiger partial charge in [-0.1, -0.05) is 56.3 Å². The Balaban J connectivity index is 2.16. The molecule has 0 aromatic heterocycles. The molecular weight excluding hydrogens is 313 g/mol. The first kappa shape index (κ1) is 17.4. The van der Waals surface area contributed by atoms with E-state index in [1.54, 1.807) is 26.0 Å². The summed E-state index contributed by atoms with van der Waals surface area (Å²) in [7, 11) is -4.40.